The molecule has 2 atom stereocenters. The minimum Gasteiger partial charge on any atom is -0.299 e. The van der Waals surface area contributed by atoms with E-state index in [9.17, 15) is 8.42 Å². The van der Waals surface area contributed by atoms with Crippen molar-refractivity contribution in [2.24, 2.45) is 5.92 Å². The van der Waals surface area contributed by atoms with Crippen molar-refractivity contribution >= 4 is 33.2 Å². The molecule has 1 saturated carbocycles. The smallest absolute Gasteiger partial charge is 0.240 e. The number of piperidine rings is 1. The summed E-state index contributed by atoms with van der Waals surface area (Å²) < 4.78 is 28.6. The number of rotatable bonds is 6. The maximum atomic E-state index is 12.8. The fraction of sp³-hybridized carbons (Fsp3) is 0.478. The molecule has 2 aromatic rings. The first-order valence-electron chi connectivity index (χ1n) is 10.7. The molecule has 2 unspecified atom stereocenters. The van der Waals surface area contributed by atoms with Gasteiger partial charge in [0.2, 0.25) is 10.0 Å². The first-order chi connectivity index (χ1) is 14.4. The average Bonchev–Trinajstić information content (AvgIpc) is 3.18. The lowest BCUT2D eigenvalue weighted by Crippen LogP contribution is -2.51. The van der Waals surface area contributed by atoms with E-state index in [1.807, 2.05) is 12.1 Å². The van der Waals surface area contributed by atoms with Gasteiger partial charge in [-0.25, -0.2) is 13.1 Å². The van der Waals surface area contributed by atoms with Gasteiger partial charge in [-0.2, -0.15) is 0 Å². The third kappa shape index (κ3) is 5.38. The maximum Gasteiger partial charge on any atom is 0.240 e. The Bertz CT molecular complexity index is 940. The molecule has 162 valence electrons. The molecule has 1 N–H and O–H groups in total. The van der Waals surface area contributed by atoms with Crippen molar-refractivity contribution < 1.29 is 8.42 Å². The molecule has 30 heavy (non-hydrogen) atoms. The van der Waals surface area contributed by atoms with Gasteiger partial charge >= 0.3 is 0 Å². The molecule has 1 saturated heterocycles. The fourth-order valence-corrected chi connectivity index (χ4v) is 6.39. The summed E-state index contributed by atoms with van der Waals surface area (Å²) >= 11 is 11.9. The Balaban J connectivity index is 1.34. The molecule has 1 heterocycles. The summed E-state index contributed by atoms with van der Waals surface area (Å²) in [5.74, 6) is 0.674. The van der Waals surface area contributed by atoms with E-state index in [0.29, 0.717) is 10.9 Å². The van der Waals surface area contributed by atoms with Gasteiger partial charge in [0.05, 0.1) is 4.90 Å². The Labute approximate surface area is 189 Å². The molecule has 7 heteroatoms. The van der Waals surface area contributed by atoms with Crippen LogP contribution in [0, 0.1) is 5.92 Å². The van der Waals surface area contributed by atoms with Gasteiger partial charge in [0, 0.05) is 22.1 Å². The Hall–Kier alpha value is -1.11. The van der Waals surface area contributed by atoms with E-state index in [-0.39, 0.29) is 17.0 Å². The lowest BCUT2D eigenvalue weighted by Gasteiger charge is -2.38. The van der Waals surface area contributed by atoms with Crippen LogP contribution in [-0.4, -0.2) is 38.5 Å². The van der Waals surface area contributed by atoms with Crippen molar-refractivity contribution in [1.82, 2.24) is 9.62 Å². The summed E-state index contributed by atoms with van der Waals surface area (Å²) in [6.45, 7) is 2.06. The monoisotopic (exact) mass is 466 g/mol. The summed E-state index contributed by atoms with van der Waals surface area (Å²) in [6.07, 6.45) is 6.38. The second kappa shape index (κ2) is 9.58. The van der Waals surface area contributed by atoms with Gasteiger partial charge in [-0.3, -0.25) is 4.90 Å². The molecule has 2 aliphatic rings. The number of halogens is 2. The zero-order valence-corrected chi connectivity index (χ0v) is 19.3. The largest absolute Gasteiger partial charge is 0.299 e. The first kappa shape index (κ1) is 22.1. The highest BCUT2D eigenvalue weighted by molar-refractivity contribution is 7.89. The lowest BCUT2D eigenvalue weighted by atomic mass is 9.89. The van der Waals surface area contributed by atoms with Gasteiger partial charge < -0.3 is 0 Å². The molecule has 4 nitrogen and oxygen atoms in total. The molecule has 0 aromatic heterocycles. The van der Waals surface area contributed by atoms with Crippen LogP contribution >= 0.6 is 23.2 Å². The second-order valence-electron chi connectivity index (χ2n) is 8.49. The van der Waals surface area contributed by atoms with Crippen LogP contribution in [0.15, 0.2) is 53.4 Å². The quantitative estimate of drug-likeness (QED) is 0.640. The third-order valence-electron chi connectivity index (χ3n) is 6.47. The van der Waals surface area contributed by atoms with Crippen LogP contribution in [0.2, 0.25) is 10.0 Å². The Morgan fingerprint density at radius 1 is 0.867 bits per heavy atom. The van der Waals surface area contributed by atoms with Crippen LogP contribution in [-0.2, 0) is 16.4 Å². The van der Waals surface area contributed by atoms with Crippen LogP contribution in [0.1, 0.15) is 37.7 Å². The van der Waals surface area contributed by atoms with E-state index in [1.165, 1.54) is 5.56 Å². The number of hydrogen-bond acceptors (Lipinski definition) is 3. The molecule has 0 amide bonds. The van der Waals surface area contributed by atoms with Crippen molar-refractivity contribution in [1.29, 1.82) is 0 Å². The van der Waals surface area contributed by atoms with E-state index in [0.717, 1.165) is 56.6 Å². The van der Waals surface area contributed by atoms with Crippen LogP contribution in [0.3, 0.4) is 0 Å². The van der Waals surface area contributed by atoms with Gasteiger partial charge in [0.15, 0.2) is 0 Å². The highest BCUT2D eigenvalue weighted by Crippen LogP contribution is 2.31. The molecule has 4 rings (SSSR count). The summed E-state index contributed by atoms with van der Waals surface area (Å²) in [4.78, 5) is 2.78. The summed E-state index contributed by atoms with van der Waals surface area (Å²) in [7, 11) is -3.53. The Morgan fingerprint density at radius 3 is 2.10 bits per heavy atom. The van der Waals surface area contributed by atoms with Gasteiger partial charge in [-0.15, -0.1) is 0 Å². The van der Waals surface area contributed by atoms with Gasteiger partial charge in [0.1, 0.15) is 0 Å². The van der Waals surface area contributed by atoms with Crippen molar-refractivity contribution in [3.63, 3.8) is 0 Å². The normalized spacial score (nSPS) is 23.7. The molecule has 0 spiro atoms. The molecule has 1 aliphatic carbocycles. The number of nitrogens with zero attached hydrogens (tertiary/aromatic N) is 1. The minimum absolute atomic E-state index is 0.0292. The third-order valence-corrected chi connectivity index (χ3v) is 8.48. The Morgan fingerprint density at radius 2 is 1.47 bits per heavy atom. The number of likely N-dealkylation sites (tertiary alicyclic amines) is 1. The highest BCUT2D eigenvalue weighted by atomic mass is 35.5. The Kier molecular flexibility index (Phi) is 7.05. The van der Waals surface area contributed by atoms with Gasteiger partial charge in [0.25, 0.3) is 0 Å². The SMILES string of the molecule is O=S(=O)(NC1CCCC1N1CCC(Cc2ccc(Cl)cc2)CC1)c1ccc(Cl)cc1. The zero-order chi connectivity index (χ0) is 21.1. The molecule has 1 aliphatic heterocycles. The first-order valence-corrected chi connectivity index (χ1v) is 12.9. The number of benzene rings is 2. The predicted molar refractivity (Wildman–Crippen MR) is 123 cm³/mol. The van der Waals surface area contributed by atoms with Crippen molar-refractivity contribution in [3.05, 3.63) is 64.1 Å². The van der Waals surface area contributed by atoms with Crippen LogP contribution < -0.4 is 4.72 Å². The van der Waals surface area contributed by atoms with Crippen molar-refractivity contribution in [3.8, 4) is 0 Å². The van der Waals surface area contributed by atoms with Gasteiger partial charge in [-0.05, 0) is 93.1 Å². The van der Waals surface area contributed by atoms with Crippen molar-refractivity contribution in [2.45, 2.75) is 55.5 Å². The van der Waals surface area contributed by atoms with E-state index in [2.05, 4.69) is 21.8 Å². The molecule has 0 bridgehead atoms. The van der Waals surface area contributed by atoms with E-state index in [4.69, 9.17) is 23.2 Å². The number of sulfonamides is 1. The average molecular weight is 467 g/mol. The van der Waals surface area contributed by atoms with Crippen LogP contribution in [0.5, 0.6) is 0 Å². The number of hydrogen-bond donors (Lipinski definition) is 1. The maximum absolute atomic E-state index is 12.8. The minimum atomic E-state index is -3.53. The van der Waals surface area contributed by atoms with E-state index in [1.54, 1.807) is 24.3 Å². The summed E-state index contributed by atoms with van der Waals surface area (Å²) in [5, 5.41) is 1.32. The highest BCUT2D eigenvalue weighted by Gasteiger charge is 2.36. The van der Waals surface area contributed by atoms with E-state index < -0.39 is 10.0 Å². The van der Waals surface area contributed by atoms with Crippen LogP contribution in [0.4, 0.5) is 0 Å². The lowest BCUT2D eigenvalue weighted by molar-refractivity contribution is 0.122. The van der Waals surface area contributed by atoms with Gasteiger partial charge in [-0.1, -0.05) is 41.8 Å². The molecular formula is C23H28Cl2N2O2S. The van der Waals surface area contributed by atoms with E-state index >= 15 is 0 Å². The molecule has 2 aromatic carbocycles. The number of nitrogens with one attached hydrogen (secondary N) is 1. The summed E-state index contributed by atoms with van der Waals surface area (Å²) in [6, 6.07) is 14.8. The van der Waals surface area contributed by atoms with Crippen LogP contribution in [0.25, 0.3) is 0 Å². The van der Waals surface area contributed by atoms with Crippen molar-refractivity contribution in [2.75, 3.05) is 13.1 Å². The zero-order valence-electron chi connectivity index (χ0n) is 16.9. The molecule has 2 fully saturated rings. The molecule has 0 radical (unpaired) electrons. The molecular weight excluding hydrogens is 439 g/mol. The summed E-state index contributed by atoms with van der Waals surface area (Å²) in [5.41, 5.74) is 1.34. The second-order valence-corrected chi connectivity index (χ2v) is 11.1. The standard InChI is InChI=1S/C23H28Cl2N2O2S/c24-19-6-4-17(5-7-19)16-18-12-14-27(15-13-18)23-3-1-2-22(23)26-30(28,29)21-10-8-20(25)9-11-21/h4-11,18,22-23,26H,1-3,12-16H2. The fourth-order valence-electron chi connectivity index (χ4n) is 4.84. The topological polar surface area (TPSA) is 49.4 Å². The predicted octanol–water partition coefficient (Wildman–Crippen LogP) is 5.15.